The number of rotatable bonds is 3. The molecule has 0 aliphatic heterocycles. The predicted octanol–water partition coefficient (Wildman–Crippen LogP) is 3.93. The number of benzene rings is 1. The van der Waals surface area contributed by atoms with Crippen molar-refractivity contribution < 1.29 is 9.31 Å². The number of halogens is 2. The molecule has 7 heteroatoms. The average Bonchev–Trinajstić information content (AvgIpc) is 2.28. The molecule has 0 N–H and O–H groups in total. The van der Waals surface area contributed by atoms with Crippen LogP contribution in [-0.4, -0.2) is 9.91 Å². The van der Waals surface area contributed by atoms with Gasteiger partial charge in [-0.25, -0.2) is 9.37 Å². The summed E-state index contributed by atoms with van der Waals surface area (Å²) in [4.78, 5) is 14.7. The zero-order chi connectivity index (χ0) is 13.1. The van der Waals surface area contributed by atoms with E-state index in [1.807, 2.05) is 0 Å². The fraction of sp³-hybridized carbons (Fsp3) is 0. The zero-order valence-electron chi connectivity index (χ0n) is 8.84. The largest absolute Gasteiger partial charge is 0.301 e. The van der Waals surface area contributed by atoms with Gasteiger partial charge in [0.05, 0.1) is 4.92 Å². The highest BCUT2D eigenvalue weighted by molar-refractivity contribution is 7.99. The second-order valence-electron chi connectivity index (χ2n) is 3.27. The molecule has 0 bridgehead atoms. The lowest BCUT2D eigenvalue weighted by molar-refractivity contribution is -0.388. The summed E-state index contributed by atoms with van der Waals surface area (Å²) in [5.74, 6) is -0.412. The minimum atomic E-state index is -0.551. The molecule has 0 unspecified atom stereocenters. The first-order valence-electron chi connectivity index (χ1n) is 4.80. The number of nitrogens with zero attached hydrogens (tertiary/aromatic N) is 2. The Morgan fingerprint density at radius 1 is 1.33 bits per heavy atom. The third kappa shape index (κ3) is 2.96. The molecule has 2 rings (SSSR count). The van der Waals surface area contributed by atoms with Crippen LogP contribution in [0.25, 0.3) is 0 Å². The standard InChI is InChI=1S/C11H6ClFN2O2S/c12-10-5-4-9(15(16)17)11(14-10)18-8-3-1-2-7(13)6-8/h1-6H. The van der Waals surface area contributed by atoms with E-state index in [0.717, 1.165) is 11.8 Å². The van der Waals surface area contributed by atoms with Crippen molar-refractivity contribution in [3.63, 3.8) is 0 Å². The van der Waals surface area contributed by atoms with Gasteiger partial charge in [-0.1, -0.05) is 29.4 Å². The van der Waals surface area contributed by atoms with Crippen LogP contribution in [0.15, 0.2) is 46.3 Å². The molecule has 0 fully saturated rings. The van der Waals surface area contributed by atoms with Crippen LogP contribution in [0.2, 0.25) is 5.15 Å². The summed E-state index contributed by atoms with van der Waals surface area (Å²) < 4.78 is 13.0. The minimum absolute atomic E-state index is 0.137. The van der Waals surface area contributed by atoms with Crippen molar-refractivity contribution in [3.8, 4) is 0 Å². The molecule has 0 aliphatic carbocycles. The normalized spacial score (nSPS) is 10.3. The van der Waals surface area contributed by atoms with E-state index in [-0.39, 0.29) is 15.9 Å². The molecule has 0 spiro atoms. The van der Waals surface area contributed by atoms with Gasteiger partial charge in [0.25, 0.3) is 0 Å². The maximum absolute atomic E-state index is 13.0. The van der Waals surface area contributed by atoms with Gasteiger partial charge in [0.2, 0.25) is 0 Å². The van der Waals surface area contributed by atoms with Gasteiger partial charge in [-0.2, -0.15) is 0 Å². The van der Waals surface area contributed by atoms with E-state index >= 15 is 0 Å². The molecule has 0 saturated carbocycles. The summed E-state index contributed by atoms with van der Waals surface area (Å²) in [7, 11) is 0. The van der Waals surface area contributed by atoms with Crippen molar-refractivity contribution in [3.05, 3.63) is 57.5 Å². The number of pyridine rings is 1. The van der Waals surface area contributed by atoms with Crippen LogP contribution >= 0.6 is 23.4 Å². The highest BCUT2D eigenvalue weighted by atomic mass is 35.5. The summed E-state index contributed by atoms with van der Waals surface area (Å²) in [6.45, 7) is 0. The van der Waals surface area contributed by atoms with Gasteiger partial charge in [-0.15, -0.1) is 0 Å². The molecular formula is C11H6ClFN2O2S. The van der Waals surface area contributed by atoms with E-state index in [2.05, 4.69) is 4.98 Å². The Morgan fingerprint density at radius 3 is 2.78 bits per heavy atom. The Bertz CT molecular complexity index is 609. The maximum Gasteiger partial charge on any atom is 0.301 e. The Labute approximate surface area is 111 Å². The van der Waals surface area contributed by atoms with Crippen molar-refractivity contribution in [2.24, 2.45) is 0 Å². The van der Waals surface area contributed by atoms with Crippen molar-refractivity contribution in [1.29, 1.82) is 0 Å². The second-order valence-corrected chi connectivity index (χ2v) is 4.72. The first-order valence-corrected chi connectivity index (χ1v) is 6.00. The third-order valence-corrected chi connectivity index (χ3v) is 3.21. The van der Waals surface area contributed by atoms with Crippen LogP contribution in [0.1, 0.15) is 0 Å². The van der Waals surface area contributed by atoms with Crippen LogP contribution < -0.4 is 0 Å². The Morgan fingerprint density at radius 2 is 2.11 bits per heavy atom. The van der Waals surface area contributed by atoms with Gasteiger partial charge in [0.15, 0.2) is 5.03 Å². The number of hydrogen-bond acceptors (Lipinski definition) is 4. The highest BCUT2D eigenvalue weighted by Gasteiger charge is 2.17. The molecule has 2 aromatic rings. The molecule has 92 valence electrons. The lowest BCUT2D eigenvalue weighted by Crippen LogP contribution is -1.93. The Kier molecular flexibility index (Phi) is 3.78. The molecule has 0 radical (unpaired) electrons. The molecule has 1 heterocycles. The summed E-state index contributed by atoms with van der Waals surface area (Å²) >= 11 is 6.69. The summed E-state index contributed by atoms with van der Waals surface area (Å²) in [6, 6.07) is 8.35. The van der Waals surface area contributed by atoms with Crippen LogP contribution in [-0.2, 0) is 0 Å². The molecule has 4 nitrogen and oxygen atoms in total. The van der Waals surface area contributed by atoms with Crippen molar-refractivity contribution in [1.82, 2.24) is 4.98 Å². The highest BCUT2D eigenvalue weighted by Crippen LogP contribution is 2.34. The van der Waals surface area contributed by atoms with Crippen LogP contribution in [0, 0.1) is 15.9 Å². The molecular weight excluding hydrogens is 279 g/mol. The minimum Gasteiger partial charge on any atom is -0.258 e. The molecule has 1 aromatic heterocycles. The van der Waals surface area contributed by atoms with Crippen LogP contribution in [0.4, 0.5) is 10.1 Å². The lowest BCUT2D eigenvalue weighted by atomic mass is 10.4. The fourth-order valence-corrected chi connectivity index (χ4v) is 2.40. The first kappa shape index (κ1) is 12.8. The number of aromatic nitrogens is 1. The molecule has 0 atom stereocenters. The third-order valence-electron chi connectivity index (χ3n) is 2.01. The van der Waals surface area contributed by atoms with E-state index in [0.29, 0.717) is 4.90 Å². The molecule has 0 aliphatic rings. The van der Waals surface area contributed by atoms with Crippen molar-refractivity contribution in [2.75, 3.05) is 0 Å². The first-order chi connectivity index (χ1) is 8.56. The van der Waals surface area contributed by atoms with Crippen molar-refractivity contribution in [2.45, 2.75) is 9.92 Å². The lowest BCUT2D eigenvalue weighted by Gasteiger charge is -2.02. The zero-order valence-corrected chi connectivity index (χ0v) is 10.4. The van der Waals surface area contributed by atoms with E-state index in [1.165, 1.54) is 30.3 Å². The molecule has 1 aromatic carbocycles. The van der Waals surface area contributed by atoms with Crippen LogP contribution in [0.3, 0.4) is 0 Å². The molecule has 0 saturated heterocycles. The topological polar surface area (TPSA) is 56.0 Å². The van der Waals surface area contributed by atoms with E-state index in [1.54, 1.807) is 6.07 Å². The van der Waals surface area contributed by atoms with Crippen LogP contribution in [0.5, 0.6) is 0 Å². The van der Waals surface area contributed by atoms with Crippen molar-refractivity contribution >= 4 is 29.1 Å². The van der Waals surface area contributed by atoms with Gasteiger partial charge >= 0.3 is 5.69 Å². The van der Waals surface area contributed by atoms with Gasteiger partial charge in [0, 0.05) is 11.0 Å². The molecule has 0 amide bonds. The van der Waals surface area contributed by atoms with Gasteiger partial charge < -0.3 is 0 Å². The van der Waals surface area contributed by atoms with Gasteiger partial charge in [-0.3, -0.25) is 10.1 Å². The van der Waals surface area contributed by atoms with Gasteiger partial charge in [-0.05, 0) is 24.3 Å². The number of nitro groups is 1. The maximum atomic E-state index is 13.0. The Hall–Kier alpha value is -1.66. The Balaban J connectivity index is 2.39. The quantitative estimate of drug-likeness (QED) is 0.487. The summed E-state index contributed by atoms with van der Waals surface area (Å²) in [5.41, 5.74) is -0.159. The predicted molar refractivity (Wildman–Crippen MR) is 66.4 cm³/mol. The van der Waals surface area contributed by atoms with E-state index in [9.17, 15) is 14.5 Å². The van der Waals surface area contributed by atoms with E-state index < -0.39 is 10.7 Å². The second kappa shape index (κ2) is 5.32. The number of hydrogen-bond donors (Lipinski definition) is 0. The average molecular weight is 285 g/mol. The van der Waals surface area contributed by atoms with Gasteiger partial charge in [0.1, 0.15) is 11.0 Å². The summed E-state index contributed by atoms with van der Waals surface area (Å²) in [6.07, 6.45) is 0. The fourth-order valence-electron chi connectivity index (χ4n) is 1.27. The summed E-state index contributed by atoms with van der Waals surface area (Å²) in [5, 5.41) is 11.1. The monoisotopic (exact) mass is 284 g/mol. The SMILES string of the molecule is O=[N+]([O-])c1ccc(Cl)nc1Sc1cccc(F)c1. The van der Waals surface area contributed by atoms with E-state index in [4.69, 9.17) is 11.6 Å². The smallest absolute Gasteiger partial charge is 0.258 e. The molecule has 18 heavy (non-hydrogen) atoms.